The largest absolute Gasteiger partial charge is 0.573 e. The fourth-order valence-corrected chi connectivity index (χ4v) is 1.90. The van der Waals surface area contributed by atoms with Gasteiger partial charge in [0.05, 0.1) is 6.61 Å². The van der Waals surface area contributed by atoms with Gasteiger partial charge in [0, 0.05) is 0 Å². The Kier molecular flexibility index (Phi) is 3.99. The lowest BCUT2D eigenvalue weighted by molar-refractivity contribution is -0.274. The number of alkyl halides is 3. The number of ether oxygens (including phenoxy) is 1. The second kappa shape index (κ2) is 5.54. The van der Waals surface area contributed by atoms with E-state index in [2.05, 4.69) is 4.74 Å². The Labute approximate surface area is 114 Å². The maximum Gasteiger partial charge on any atom is 0.573 e. The molecule has 0 radical (unpaired) electrons. The van der Waals surface area contributed by atoms with E-state index >= 15 is 0 Å². The zero-order valence-corrected chi connectivity index (χ0v) is 10.7. The minimum Gasteiger partial charge on any atom is -0.406 e. The standard InChI is InChI=1S/C15H13F3O2/c1-10-8-12(2-3-13(10)9-19)11-4-6-14(7-5-11)20-15(16,17)18/h2-8,19H,9H2,1H3. The summed E-state index contributed by atoms with van der Waals surface area (Å²) in [6, 6.07) is 11.2. The molecular weight excluding hydrogens is 269 g/mol. The van der Waals surface area contributed by atoms with Crippen LogP contribution in [-0.2, 0) is 6.61 Å². The second-order valence-electron chi connectivity index (χ2n) is 4.37. The summed E-state index contributed by atoms with van der Waals surface area (Å²) in [6.45, 7) is 1.83. The monoisotopic (exact) mass is 282 g/mol. The third kappa shape index (κ3) is 3.51. The van der Waals surface area contributed by atoms with Crippen LogP contribution in [0.3, 0.4) is 0 Å². The predicted molar refractivity (Wildman–Crippen MR) is 69.2 cm³/mol. The van der Waals surface area contributed by atoms with E-state index < -0.39 is 6.36 Å². The van der Waals surface area contributed by atoms with Crippen LogP contribution in [0.5, 0.6) is 5.75 Å². The summed E-state index contributed by atoms with van der Waals surface area (Å²) in [5.41, 5.74) is 3.41. The molecule has 2 nitrogen and oxygen atoms in total. The Morgan fingerprint density at radius 2 is 1.60 bits per heavy atom. The molecule has 0 aliphatic heterocycles. The number of aliphatic hydroxyl groups excluding tert-OH is 1. The van der Waals surface area contributed by atoms with Gasteiger partial charge in [-0.2, -0.15) is 0 Å². The van der Waals surface area contributed by atoms with Crippen LogP contribution < -0.4 is 4.74 Å². The number of aliphatic hydroxyl groups is 1. The van der Waals surface area contributed by atoms with Crippen LogP contribution >= 0.6 is 0 Å². The molecule has 0 amide bonds. The molecule has 0 atom stereocenters. The smallest absolute Gasteiger partial charge is 0.406 e. The van der Waals surface area contributed by atoms with Gasteiger partial charge in [0.1, 0.15) is 5.75 Å². The van der Waals surface area contributed by atoms with Crippen molar-refractivity contribution in [2.75, 3.05) is 0 Å². The van der Waals surface area contributed by atoms with Crippen molar-refractivity contribution in [3.63, 3.8) is 0 Å². The first kappa shape index (κ1) is 14.4. The summed E-state index contributed by atoms with van der Waals surface area (Å²) < 4.78 is 40.0. The number of benzene rings is 2. The maximum atomic E-state index is 12.1. The van der Waals surface area contributed by atoms with E-state index in [-0.39, 0.29) is 12.4 Å². The molecule has 0 bridgehead atoms. The van der Waals surface area contributed by atoms with E-state index in [0.717, 1.165) is 22.3 Å². The van der Waals surface area contributed by atoms with Gasteiger partial charge in [-0.25, -0.2) is 0 Å². The summed E-state index contributed by atoms with van der Waals surface area (Å²) in [6.07, 6.45) is -4.68. The Bertz CT molecular complexity index is 589. The number of rotatable bonds is 3. The van der Waals surface area contributed by atoms with Crippen LogP contribution in [0.2, 0.25) is 0 Å². The fourth-order valence-electron chi connectivity index (χ4n) is 1.90. The predicted octanol–water partition coefficient (Wildman–Crippen LogP) is 4.05. The van der Waals surface area contributed by atoms with Gasteiger partial charge in [0.2, 0.25) is 0 Å². The summed E-state index contributed by atoms with van der Waals surface area (Å²) in [5, 5.41) is 9.10. The Balaban J connectivity index is 2.24. The molecule has 0 unspecified atom stereocenters. The zero-order chi connectivity index (χ0) is 14.8. The van der Waals surface area contributed by atoms with Gasteiger partial charge in [-0.3, -0.25) is 0 Å². The molecule has 20 heavy (non-hydrogen) atoms. The molecule has 2 aromatic rings. The molecule has 0 spiro atoms. The molecule has 0 aromatic heterocycles. The highest BCUT2D eigenvalue weighted by Crippen LogP contribution is 2.27. The molecule has 2 rings (SSSR count). The summed E-state index contributed by atoms with van der Waals surface area (Å²) in [4.78, 5) is 0. The third-order valence-corrected chi connectivity index (χ3v) is 2.93. The van der Waals surface area contributed by atoms with Crippen molar-refractivity contribution in [3.8, 4) is 16.9 Å². The van der Waals surface area contributed by atoms with Crippen molar-refractivity contribution in [3.05, 3.63) is 53.6 Å². The lowest BCUT2D eigenvalue weighted by Gasteiger charge is -2.10. The van der Waals surface area contributed by atoms with Gasteiger partial charge in [-0.05, 0) is 41.3 Å². The first-order chi connectivity index (χ1) is 9.39. The highest BCUT2D eigenvalue weighted by molar-refractivity contribution is 5.65. The SMILES string of the molecule is Cc1cc(-c2ccc(OC(F)(F)F)cc2)ccc1CO. The van der Waals surface area contributed by atoms with E-state index in [4.69, 9.17) is 5.11 Å². The van der Waals surface area contributed by atoms with Gasteiger partial charge < -0.3 is 9.84 Å². The molecule has 1 N–H and O–H groups in total. The Morgan fingerprint density at radius 1 is 1.00 bits per heavy atom. The molecular formula is C15H13F3O2. The fraction of sp³-hybridized carbons (Fsp3) is 0.200. The highest BCUT2D eigenvalue weighted by Gasteiger charge is 2.30. The molecule has 106 valence electrons. The van der Waals surface area contributed by atoms with E-state index in [1.54, 1.807) is 18.2 Å². The van der Waals surface area contributed by atoms with Gasteiger partial charge >= 0.3 is 6.36 Å². The highest BCUT2D eigenvalue weighted by atomic mass is 19.4. The van der Waals surface area contributed by atoms with E-state index in [1.165, 1.54) is 12.1 Å². The number of hydrogen-bond acceptors (Lipinski definition) is 2. The third-order valence-electron chi connectivity index (χ3n) is 2.93. The first-order valence-electron chi connectivity index (χ1n) is 5.95. The van der Waals surface area contributed by atoms with E-state index in [0.29, 0.717) is 0 Å². The van der Waals surface area contributed by atoms with Crippen molar-refractivity contribution < 1.29 is 23.0 Å². The van der Waals surface area contributed by atoms with Crippen molar-refractivity contribution in [2.24, 2.45) is 0 Å². The minimum absolute atomic E-state index is 0.0372. The van der Waals surface area contributed by atoms with Gasteiger partial charge in [-0.1, -0.05) is 30.3 Å². The second-order valence-corrected chi connectivity index (χ2v) is 4.37. The van der Waals surface area contributed by atoms with E-state index in [9.17, 15) is 13.2 Å². The molecule has 5 heteroatoms. The molecule has 0 fully saturated rings. The van der Waals surface area contributed by atoms with Gasteiger partial charge in [-0.15, -0.1) is 13.2 Å². The quantitative estimate of drug-likeness (QED) is 0.920. The van der Waals surface area contributed by atoms with Crippen molar-refractivity contribution in [1.29, 1.82) is 0 Å². The van der Waals surface area contributed by atoms with Crippen LogP contribution in [0.25, 0.3) is 11.1 Å². The van der Waals surface area contributed by atoms with Crippen LogP contribution in [-0.4, -0.2) is 11.5 Å². The summed E-state index contributed by atoms with van der Waals surface area (Å²) >= 11 is 0. The minimum atomic E-state index is -4.68. The molecule has 0 saturated carbocycles. The lowest BCUT2D eigenvalue weighted by atomic mass is 10.0. The van der Waals surface area contributed by atoms with Crippen LogP contribution in [0.15, 0.2) is 42.5 Å². The number of halogens is 3. The van der Waals surface area contributed by atoms with Crippen molar-refractivity contribution in [1.82, 2.24) is 0 Å². The number of hydrogen-bond donors (Lipinski definition) is 1. The lowest BCUT2D eigenvalue weighted by Crippen LogP contribution is -2.16. The summed E-state index contributed by atoms with van der Waals surface area (Å²) in [7, 11) is 0. The normalized spacial score (nSPS) is 11.4. The van der Waals surface area contributed by atoms with Crippen LogP contribution in [0.1, 0.15) is 11.1 Å². The summed E-state index contributed by atoms with van der Waals surface area (Å²) in [5.74, 6) is -0.245. The van der Waals surface area contributed by atoms with Crippen molar-refractivity contribution >= 4 is 0 Å². The zero-order valence-electron chi connectivity index (χ0n) is 10.7. The van der Waals surface area contributed by atoms with Gasteiger partial charge in [0.25, 0.3) is 0 Å². The first-order valence-corrected chi connectivity index (χ1v) is 5.95. The Hall–Kier alpha value is -2.01. The molecule has 0 aliphatic carbocycles. The maximum absolute atomic E-state index is 12.1. The molecule has 0 aliphatic rings. The van der Waals surface area contributed by atoms with E-state index in [1.807, 2.05) is 19.1 Å². The van der Waals surface area contributed by atoms with Gasteiger partial charge in [0.15, 0.2) is 0 Å². The molecule has 0 saturated heterocycles. The number of aryl methyl sites for hydroxylation is 1. The average molecular weight is 282 g/mol. The van der Waals surface area contributed by atoms with Crippen molar-refractivity contribution in [2.45, 2.75) is 19.9 Å². The van der Waals surface area contributed by atoms with Crippen LogP contribution in [0, 0.1) is 6.92 Å². The van der Waals surface area contributed by atoms with Crippen LogP contribution in [0.4, 0.5) is 13.2 Å². The Morgan fingerprint density at radius 3 is 2.10 bits per heavy atom. The topological polar surface area (TPSA) is 29.5 Å². The average Bonchev–Trinajstić information content (AvgIpc) is 2.37. The molecule has 2 aromatic carbocycles. The molecule has 0 heterocycles.